The average molecular weight is 363 g/mol. The summed E-state index contributed by atoms with van der Waals surface area (Å²) in [6.45, 7) is -0.102. The summed E-state index contributed by atoms with van der Waals surface area (Å²) in [5.41, 5.74) is 0.659. The lowest BCUT2D eigenvalue weighted by molar-refractivity contribution is -0.148. The molecule has 1 saturated heterocycles. The maximum absolute atomic E-state index is 13.0. The van der Waals surface area contributed by atoms with Crippen molar-refractivity contribution in [1.29, 1.82) is 0 Å². The van der Waals surface area contributed by atoms with E-state index >= 15 is 0 Å². The van der Waals surface area contributed by atoms with E-state index in [4.69, 9.17) is 16.3 Å². The van der Waals surface area contributed by atoms with Crippen LogP contribution < -0.4 is 10.6 Å². The molecule has 3 aliphatic rings. The van der Waals surface area contributed by atoms with Gasteiger partial charge in [0.15, 0.2) is 6.10 Å². The Labute approximate surface area is 152 Å². The molecule has 6 heteroatoms. The Hall–Kier alpha value is -1.59. The molecule has 0 radical (unpaired) electrons. The molecule has 4 rings (SSSR count). The Balaban J connectivity index is 1.53. The van der Waals surface area contributed by atoms with Crippen molar-refractivity contribution in [3.05, 3.63) is 34.9 Å². The number of ether oxygens (including phenoxy) is 1. The molecule has 1 heterocycles. The normalized spacial score (nSPS) is 28.4. The highest BCUT2D eigenvalue weighted by Gasteiger charge is 2.52. The monoisotopic (exact) mass is 362 g/mol. The number of nitrogens with one attached hydrogen (secondary N) is 2. The van der Waals surface area contributed by atoms with Crippen molar-refractivity contribution in [3.63, 3.8) is 0 Å². The summed E-state index contributed by atoms with van der Waals surface area (Å²) in [5, 5.41) is 6.65. The predicted molar refractivity (Wildman–Crippen MR) is 94.1 cm³/mol. The van der Waals surface area contributed by atoms with E-state index < -0.39 is 12.1 Å². The van der Waals surface area contributed by atoms with Crippen LogP contribution in [0.5, 0.6) is 0 Å². The Morgan fingerprint density at radius 3 is 2.64 bits per heavy atom. The molecule has 134 valence electrons. The molecule has 1 aromatic carbocycles. The lowest BCUT2D eigenvalue weighted by Crippen LogP contribution is -2.55. The van der Waals surface area contributed by atoms with Crippen LogP contribution in [0.1, 0.15) is 50.1 Å². The Morgan fingerprint density at radius 2 is 1.96 bits per heavy atom. The van der Waals surface area contributed by atoms with Gasteiger partial charge in [0.1, 0.15) is 6.61 Å². The molecule has 0 bridgehead atoms. The van der Waals surface area contributed by atoms with E-state index in [-0.39, 0.29) is 24.0 Å². The Kier molecular flexibility index (Phi) is 4.46. The third-order valence-electron chi connectivity index (χ3n) is 5.81. The Morgan fingerprint density at radius 1 is 1.24 bits per heavy atom. The van der Waals surface area contributed by atoms with Crippen LogP contribution in [-0.2, 0) is 14.3 Å². The maximum atomic E-state index is 13.0. The molecule has 0 spiro atoms. The second-order valence-corrected chi connectivity index (χ2v) is 7.83. The standard InChI is InChI=1S/C19H23ClN2O3/c20-14-8-4-3-7-13(14)16-17(25-11-15(23)21-16)18(24)22-19(9-10-19)12-5-1-2-6-12/h3-4,7-8,12,16-17H,1-2,5-6,9-11H2,(H,21,23)(H,22,24)/t16-,17+/m1/s1. The van der Waals surface area contributed by atoms with Crippen molar-refractivity contribution < 1.29 is 14.3 Å². The Bertz CT molecular complexity index is 683. The second-order valence-electron chi connectivity index (χ2n) is 7.43. The molecular formula is C19H23ClN2O3. The van der Waals surface area contributed by atoms with Crippen LogP contribution in [0.25, 0.3) is 0 Å². The number of hydrogen-bond acceptors (Lipinski definition) is 3. The first-order valence-corrected chi connectivity index (χ1v) is 9.44. The maximum Gasteiger partial charge on any atom is 0.252 e. The first-order valence-electron chi connectivity index (χ1n) is 9.06. The molecule has 3 fully saturated rings. The fourth-order valence-electron chi connectivity index (χ4n) is 4.31. The van der Waals surface area contributed by atoms with E-state index in [2.05, 4.69) is 10.6 Å². The number of benzene rings is 1. The van der Waals surface area contributed by atoms with Gasteiger partial charge in [0.05, 0.1) is 6.04 Å². The molecule has 2 amide bonds. The molecule has 1 aromatic rings. The SMILES string of the molecule is O=C1CO[C@H](C(=O)NC2(C3CCCC3)CC2)[C@@H](c2ccccc2Cl)N1. The minimum Gasteiger partial charge on any atom is -0.356 e. The minimum absolute atomic E-state index is 0.0522. The summed E-state index contributed by atoms with van der Waals surface area (Å²) in [7, 11) is 0. The fourth-order valence-corrected chi connectivity index (χ4v) is 4.57. The molecule has 25 heavy (non-hydrogen) atoms. The molecule has 2 atom stereocenters. The molecule has 1 aliphatic heterocycles. The van der Waals surface area contributed by atoms with Crippen molar-refractivity contribution >= 4 is 23.4 Å². The summed E-state index contributed by atoms with van der Waals surface area (Å²) >= 11 is 6.29. The first kappa shape index (κ1) is 16.9. The summed E-state index contributed by atoms with van der Waals surface area (Å²) in [6.07, 6.45) is 6.21. The number of carbonyl (C=O) groups excluding carboxylic acids is 2. The van der Waals surface area contributed by atoms with Gasteiger partial charge in [0.25, 0.3) is 5.91 Å². The van der Waals surface area contributed by atoms with E-state index in [1.165, 1.54) is 25.7 Å². The zero-order valence-electron chi connectivity index (χ0n) is 14.1. The highest BCUT2D eigenvalue weighted by Crippen LogP contribution is 2.49. The number of carbonyl (C=O) groups is 2. The summed E-state index contributed by atoms with van der Waals surface area (Å²) < 4.78 is 5.63. The van der Waals surface area contributed by atoms with Crippen LogP contribution in [-0.4, -0.2) is 30.1 Å². The van der Waals surface area contributed by atoms with Gasteiger partial charge in [-0.15, -0.1) is 0 Å². The van der Waals surface area contributed by atoms with Gasteiger partial charge in [-0.3, -0.25) is 9.59 Å². The predicted octanol–water partition coefficient (Wildman–Crippen LogP) is 2.74. The number of rotatable bonds is 4. The number of morpholine rings is 1. The van der Waals surface area contributed by atoms with Crippen LogP contribution in [0.15, 0.2) is 24.3 Å². The third kappa shape index (κ3) is 3.27. The molecular weight excluding hydrogens is 340 g/mol. The van der Waals surface area contributed by atoms with Gasteiger partial charge in [-0.1, -0.05) is 42.6 Å². The highest BCUT2D eigenvalue weighted by molar-refractivity contribution is 6.31. The van der Waals surface area contributed by atoms with Crippen LogP contribution in [0.2, 0.25) is 5.02 Å². The van der Waals surface area contributed by atoms with Gasteiger partial charge >= 0.3 is 0 Å². The van der Waals surface area contributed by atoms with Crippen LogP contribution >= 0.6 is 11.6 Å². The van der Waals surface area contributed by atoms with Gasteiger partial charge < -0.3 is 15.4 Å². The zero-order valence-corrected chi connectivity index (χ0v) is 14.8. The second kappa shape index (κ2) is 6.61. The number of hydrogen-bond donors (Lipinski definition) is 2. The van der Waals surface area contributed by atoms with Crippen molar-refractivity contribution in [2.75, 3.05) is 6.61 Å². The average Bonchev–Trinajstić information content (AvgIpc) is 3.16. The van der Waals surface area contributed by atoms with Gasteiger partial charge in [-0.2, -0.15) is 0 Å². The molecule has 5 nitrogen and oxygen atoms in total. The lowest BCUT2D eigenvalue weighted by Gasteiger charge is -2.34. The van der Waals surface area contributed by atoms with E-state index in [9.17, 15) is 9.59 Å². The topological polar surface area (TPSA) is 67.4 Å². The van der Waals surface area contributed by atoms with Crippen LogP contribution in [0, 0.1) is 5.92 Å². The van der Waals surface area contributed by atoms with Gasteiger partial charge in [0, 0.05) is 10.6 Å². The van der Waals surface area contributed by atoms with E-state index in [1.54, 1.807) is 6.07 Å². The fraction of sp³-hybridized carbons (Fsp3) is 0.579. The van der Waals surface area contributed by atoms with Crippen molar-refractivity contribution in [3.8, 4) is 0 Å². The number of halogens is 1. The molecule has 0 unspecified atom stereocenters. The zero-order chi connectivity index (χ0) is 17.4. The molecule has 0 aromatic heterocycles. The third-order valence-corrected chi connectivity index (χ3v) is 6.15. The van der Waals surface area contributed by atoms with Crippen molar-refractivity contribution in [2.24, 2.45) is 5.92 Å². The molecule has 2 saturated carbocycles. The van der Waals surface area contributed by atoms with Gasteiger partial charge in [-0.25, -0.2) is 0 Å². The summed E-state index contributed by atoms with van der Waals surface area (Å²) in [5.74, 6) is 0.202. The van der Waals surface area contributed by atoms with E-state index in [0.29, 0.717) is 16.5 Å². The smallest absolute Gasteiger partial charge is 0.252 e. The van der Waals surface area contributed by atoms with E-state index in [1.807, 2.05) is 18.2 Å². The van der Waals surface area contributed by atoms with Crippen LogP contribution in [0.3, 0.4) is 0 Å². The van der Waals surface area contributed by atoms with Crippen LogP contribution in [0.4, 0.5) is 0 Å². The lowest BCUT2D eigenvalue weighted by atomic mass is 9.94. The van der Waals surface area contributed by atoms with Crippen molar-refractivity contribution in [1.82, 2.24) is 10.6 Å². The highest BCUT2D eigenvalue weighted by atomic mass is 35.5. The van der Waals surface area contributed by atoms with E-state index in [0.717, 1.165) is 12.8 Å². The van der Waals surface area contributed by atoms with Gasteiger partial charge in [0.2, 0.25) is 5.91 Å². The molecule has 2 N–H and O–H groups in total. The summed E-state index contributed by atoms with van der Waals surface area (Å²) in [6, 6.07) is 6.69. The number of amides is 2. The first-order chi connectivity index (χ1) is 12.1. The quantitative estimate of drug-likeness (QED) is 0.865. The van der Waals surface area contributed by atoms with Gasteiger partial charge in [-0.05, 0) is 43.2 Å². The minimum atomic E-state index is -0.753. The summed E-state index contributed by atoms with van der Waals surface area (Å²) in [4.78, 5) is 24.8. The van der Waals surface area contributed by atoms with Crippen molar-refractivity contribution in [2.45, 2.75) is 56.2 Å². The molecule has 2 aliphatic carbocycles. The largest absolute Gasteiger partial charge is 0.356 e.